The highest BCUT2D eigenvalue weighted by atomic mass is 16.2. The van der Waals surface area contributed by atoms with Crippen molar-refractivity contribution in [2.24, 2.45) is 0 Å². The lowest BCUT2D eigenvalue weighted by atomic mass is 10.1. The molecule has 0 radical (unpaired) electrons. The lowest BCUT2D eigenvalue weighted by Gasteiger charge is -2.20. The average molecular weight is 267 g/mol. The van der Waals surface area contributed by atoms with Crippen LogP contribution in [0.2, 0.25) is 0 Å². The third kappa shape index (κ3) is 5.65. The van der Waals surface area contributed by atoms with Crippen molar-refractivity contribution in [2.75, 3.05) is 19.6 Å². The Balaban J connectivity index is 2.15. The van der Waals surface area contributed by atoms with Crippen LogP contribution in [-0.2, 0) is 14.4 Å². The first-order chi connectivity index (χ1) is 8.79. The maximum absolute atomic E-state index is 11.5. The zero-order valence-electron chi connectivity index (χ0n) is 11.7. The fraction of sp³-hybridized carbons (Fsp3) is 0.615. The SMILES string of the molecule is CC(C)(C)NCCNC(=O)CCN1C(=O)C=CC1=O. The van der Waals surface area contributed by atoms with Crippen LogP contribution in [0.4, 0.5) is 0 Å². The summed E-state index contributed by atoms with van der Waals surface area (Å²) in [5.41, 5.74) is 0.0186. The molecule has 1 aliphatic rings. The van der Waals surface area contributed by atoms with Gasteiger partial charge in [-0.15, -0.1) is 0 Å². The van der Waals surface area contributed by atoms with Crippen LogP contribution in [0.1, 0.15) is 27.2 Å². The van der Waals surface area contributed by atoms with Gasteiger partial charge in [0.2, 0.25) is 5.91 Å². The predicted octanol–water partition coefficient (Wildman–Crippen LogP) is -0.194. The molecule has 19 heavy (non-hydrogen) atoms. The van der Waals surface area contributed by atoms with E-state index in [1.165, 1.54) is 12.2 Å². The molecule has 0 atom stereocenters. The molecule has 0 aromatic carbocycles. The molecule has 0 spiro atoms. The molecule has 2 N–H and O–H groups in total. The summed E-state index contributed by atoms with van der Waals surface area (Å²) in [5, 5.41) is 5.98. The summed E-state index contributed by atoms with van der Waals surface area (Å²) >= 11 is 0. The second-order valence-corrected chi connectivity index (χ2v) is 5.44. The smallest absolute Gasteiger partial charge is 0.253 e. The Labute approximate surface area is 113 Å². The van der Waals surface area contributed by atoms with Crippen LogP contribution < -0.4 is 10.6 Å². The fourth-order valence-corrected chi connectivity index (χ4v) is 1.59. The van der Waals surface area contributed by atoms with Crippen molar-refractivity contribution in [1.29, 1.82) is 0 Å². The molecule has 6 nitrogen and oxygen atoms in total. The van der Waals surface area contributed by atoms with Crippen molar-refractivity contribution in [1.82, 2.24) is 15.5 Å². The van der Waals surface area contributed by atoms with Crippen LogP contribution in [0.5, 0.6) is 0 Å². The molecule has 0 aromatic rings. The number of hydrogen-bond acceptors (Lipinski definition) is 4. The quantitative estimate of drug-likeness (QED) is 0.516. The molecule has 0 saturated carbocycles. The number of nitrogens with zero attached hydrogens (tertiary/aromatic N) is 1. The second kappa shape index (κ2) is 6.47. The maximum atomic E-state index is 11.5. The van der Waals surface area contributed by atoms with Crippen LogP contribution in [0.3, 0.4) is 0 Å². The first kappa shape index (κ1) is 15.4. The van der Waals surface area contributed by atoms with Crippen molar-refractivity contribution in [2.45, 2.75) is 32.7 Å². The summed E-state index contributed by atoms with van der Waals surface area (Å²) in [6, 6.07) is 0. The highest BCUT2D eigenvalue weighted by Gasteiger charge is 2.23. The molecule has 106 valence electrons. The van der Waals surface area contributed by atoms with E-state index in [1.807, 2.05) is 20.8 Å². The Morgan fingerprint density at radius 1 is 1.16 bits per heavy atom. The van der Waals surface area contributed by atoms with Crippen molar-refractivity contribution in [3.8, 4) is 0 Å². The molecule has 6 heteroatoms. The molecule has 1 heterocycles. The number of imide groups is 1. The van der Waals surface area contributed by atoms with E-state index in [2.05, 4.69) is 10.6 Å². The van der Waals surface area contributed by atoms with Crippen LogP contribution >= 0.6 is 0 Å². The van der Waals surface area contributed by atoms with Gasteiger partial charge in [-0.05, 0) is 20.8 Å². The van der Waals surface area contributed by atoms with Gasteiger partial charge in [0.25, 0.3) is 11.8 Å². The molecular formula is C13H21N3O3. The number of rotatable bonds is 6. The van der Waals surface area contributed by atoms with Crippen LogP contribution in [-0.4, -0.2) is 47.8 Å². The second-order valence-electron chi connectivity index (χ2n) is 5.44. The number of nitrogens with one attached hydrogen (secondary N) is 2. The van der Waals surface area contributed by atoms with Crippen LogP contribution in [0, 0.1) is 0 Å². The number of carbonyl (C=O) groups is 3. The van der Waals surface area contributed by atoms with Crippen molar-refractivity contribution >= 4 is 17.7 Å². The van der Waals surface area contributed by atoms with E-state index in [0.29, 0.717) is 13.1 Å². The Hall–Kier alpha value is -1.69. The highest BCUT2D eigenvalue weighted by Crippen LogP contribution is 2.03. The molecule has 3 amide bonds. The minimum absolute atomic E-state index is 0.0186. The Bertz CT molecular complexity index is 378. The lowest BCUT2D eigenvalue weighted by molar-refractivity contribution is -0.137. The van der Waals surface area contributed by atoms with Gasteiger partial charge in [-0.1, -0.05) is 0 Å². The molecule has 0 aromatic heterocycles. The van der Waals surface area contributed by atoms with Gasteiger partial charge in [0.15, 0.2) is 0 Å². The van der Waals surface area contributed by atoms with E-state index < -0.39 is 0 Å². The van der Waals surface area contributed by atoms with Gasteiger partial charge in [0.05, 0.1) is 0 Å². The van der Waals surface area contributed by atoms with E-state index in [1.54, 1.807) is 0 Å². The zero-order valence-corrected chi connectivity index (χ0v) is 11.7. The summed E-state index contributed by atoms with van der Waals surface area (Å²) < 4.78 is 0. The van der Waals surface area contributed by atoms with E-state index in [9.17, 15) is 14.4 Å². The van der Waals surface area contributed by atoms with Gasteiger partial charge in [-0.25, -0.2) is 0 Å². The van der Waals surface area contributed by atoms with Crippen molar-refractivity contribution in [3.05, 3.63) is 12.2 Å². The molecule has 0 aliphatic carbocycles. The summed E-state index contributed by atoms with van der Waals surface area (Å²) in [7, 11) is 0. The van der Waals surface area contributed by atoms with E-state index in [-0.39, 0.29) is 36.2 Å². The van der Waals surface area contributed by atoms with E-state index >= 15 is 0 Å². The number of amides is 3. The molecule has 0 unspecified atom stereocenters. The minimum Gasteiger partial charge on any atom is -0.355 e. The highest BCUT2D eigenvalue weighted by molar-refractivity contribution is 6.13. The average Bonchev–Trinajstić information content (AvgIpc) is 2.61. The van der Waals surface area contributed by atoms with E-state index in [4.69, 9.17) is 0 Å². The van der Waals surface area contributed by atoms with Gasteiger partial charge < -0.3 is 10.6 Å². The summed E-state index contributed by atoms with van der Waals surface area (Å²) in [5.74, 6) is -0.873. The summed E-state index contributed by atoms with van der Waals surface area (Å²) in [6.45, 7) is 7.48. The first-order valence-corrected chi connectivity index (χ1v) is 6.35. The molecule has 0 saturated heterocycles. The van der Waals surface area contributed by atoms with Gasteiger partial charge in [0.1, 0.15) is 0 Å². The number of hydrogen-bond donors (Lipinski definition) is 2. The van der Waals surface area contributed by atoms with Gasteiger partial charge >= 0.3 is 0 Å². The fourth-order valence-electron chi connectivity index (χ4n) is 1.59. The Kier molecular flexibility index (Phi) is 5.23. The third-order valence-electron chi connectivity index (χ3n) is 2.57. The standard InChI is InChI=1S/C13H21N3O3/c1-13(2,3)15-8-7-14-10(17)6-9-16-11(18)4-5-12(16)19/h4-5,15H,6-9H2,1-3H3,(H,14,17). The first-order valence-electron chi connectivity index (χ1n) is 6.35. The summed E-state index contributed by atoms with van der Waals surface area (Å²) in [4.78, 5) is 35.1. The Morgan fingerprint density at radius 3 is 2.26 bits per heavy atom. The van der Waals surface area contributed by atoms with Crippen LogP contribution in [0.25, 0.3) is 0 Å². The maximum Gasteiger partial charge on any atom is 0.253 e. The molecule has 1 rings (SSSR count). The van der Waals surface area contributed by atoms with Crippen molar-refractivity contribution < 1.29 is 14.4 Å². The van der Waals surface area contributed by atoms with Gasteiger partial charge in [-0.2, -0.15) is 0 Å². The molecule has 0 bridgehead atoms. The number of carbonyl (C=O) groups excluding carboxylic acids is 3. The van der Waals surface area contributed by atoms with E-state index in [0.717, 1.165) is 4.90 Å². The monoisotopic (exact) mass is 267 g/mol. The van der Waals surface area contributed by atoms with Gasteiger partial charge in [-0.3, -0.25) is 19.3 Å². The molecule has 0 fully saturated rings. The Morgan fingerprint density at radius 2 is 1.74 bits per heavy atom. The van der Waals surface area contributed by atoms with Crippen molar-refractivity contribution in [3.63, 3.8) is 0 Å². The molecular weight excluding hydrogens is 246 g/mol. The zero-order chi connectivity index (χ0) is 14.5. The summed E-state index contributed by atoms with van der Waals surface area (Å²) in [6.07, 6.45) is 2.57. The topological polar surface area (TPSA) is 78.5 Å². The molecule has 1 aliphatic heterocycles. The van der Waals surface area contributed by atoms with Crippen LogP contribution in [0.15, 0.2) is 12.2 Å². The predicted molar refractivity (Wildman–Crippen MR) is 71.2 cm³/mol. The largest absolute Gasteiger partial charge is 0.355 e. The van der Waals surface area contributed by atoms with Gasteiger partial charge in [0, 0.05) is 43.7 Å². The third-order valence-corrected chi connectivity index (χ3v) is 2.57. The minimum atomic E-state index is -0.354. The normalized spacial score (nSPS) is 15.2. The lowest BCUT2D eigenvalue weighted by Crippen LogP contribution is -2.42.